The summed E-state index contributed by atoms with van der Waals surface area (Å²) < 4.78 is 29.0. The van der Waals surface area contributed by atoms with E-state index in [1.165, 1.54) is 6.42 Å². The van der Waals surface area contributed by atoms with Gasteiger partial charge in [0.1, 0.15) is 0 Å². The highest BCUT2D eigenvalue weighted by Gasteiger charge is 2.59. The summed E-state index contributed by atoms with van der Waals surface area (Å²) in [7, 11) is 0. The number of fused-ring (bicyclic) bond motifs is 1. The monoisotopic (exact) mass is 420 g/mol. The Labute approximate surface area is 177 Å². The maximum absolute atomic E-state index is 14.5. The third-order valence-electron chi connectivity index (χ3n) is 7.53. The third kappa shape index (κ3) is 3.99. The van der Waals surface area contributed by atoms with E-state index in [2.05, 4.69) is 16.1 Å². The Morgan fingerprint density at radius 1 is 1.13 bits per heavy atom. The molecule has 4 unspecified atom stereocenters. The van der Waals surface area contributed by atoms with E-state index in [0.717, 1.165) is 49.8 Å². The van der Waals surface area contributed by atoms with Gasteiger partial charge in [0.2, 0.25) is 5.91 Å². The van der Waals surface area contributed by atoms with Gasteiger partial charge in [0.05, 0.1) is 18.1 Å². The summed E-state index contributed by atoms with van der Waals surface area (Å²) in [4.78, 5) is 13.0. The van der Waals surface area contributed by atoms with Gasteiger partial charge in [-0.3, -0.25) is 15.5 Å². The van der Waals surface area contributed by atoms with E-state index in [9.17, 15) is 13.6 Å². The van der Waals surface area contributed by atoms with Crippen molar-refractivity contribution in [3.63, 3.8) is 0 Å². The second-order valence-corrected chi connectivity index (χ2v) is 9.34. The number of nitrogens with one attached hydrogen (secondary N) is 3. The highest BCUT2D eigenvalue weighted by atomic mass is 19.3. The van der Waals surface area contributed by atoms with Crippen LogP contribution in [-0.2, 0) is 4.79 Å². The molecule has 1 aromatic carbocycles. The predicted molar refractivity (Wildman–Crippen MR) is 114 cm³/mol. The lowest BCUT2D eigenvalue weighted by Gasteiger charge is -2.56. The zero-order valence-electron chi connectivity index (χ0n) is 18.0. The average Bonchev–Trinajstić information content (AvgIpc) is 3.09. The number of alkyl halides is 2. The van der Waals surface area contributed by atoms with Crippen molar-refractivity contribution in [2.75, 3.05) is 11.9 Å². The van der Waals surface area contributed by atoms with Gasteiger partial charge in [-0.25, -0.2) is 13.8 Å². The molecule has 4 atom stereocenters. The first kappa shape index (κ1) is 21.7. The molecule has 1 aromatic rings. The van der Waals surface area contributed by atoms with E-state index in [4.69, 9.17) is 0 Å². The summed E-state index contributed by atoms with van der Waals surface area (Å²) in [6.07, 6.45) is 4.14. The largest absolute Gasteiger partial charge is 0.326 e. The zero-order valence-corrected chi connectivity index (χ0v) is 18.0. The topological polar surface area (TPSA) is 56.4 Å². The summed E-state index contributed by atoms with van der Waals surface area (Å²) in [6, 6.07) is 6.69. The normalized spacial score (nSPS) is 31.9. The van der Waals surface area contributed by atoms with Gasteiger partial charge in [-0.05, 0) is 38.8 Å². The first-order valence-electron chi connectivity index (χ1n) is 11.4. The molecule has 3 N–H and O–H groups in total. The molecule has 1 amide bonds. The molecule has 0 radical (unpaired) electrons. The minimum Gasteiger partial charge on any atom is -0.326 e. The lowest BCUT2D eigenvalue weighted by atomic mass is 9.64. The first-order valence-corrected chi connectivity index (χ1v) is 11.4. The minimum atomic E-state index is -2.46. The van der Waals surface area contributed by atoms with Crippen LogP contribution < -0.4 is 16.1 Å². The quantitative estimate of drug-likeness (QED) is 0.691. The molecule has 7 heteroatoms. The fourth-order valence-electron chi connectivity index (χ4n) is 5.80. The standard InChI is InChI=1S/C23H34F2N4O/c1-15-8-10-17(11-9-15)28-22(30)18-14-26-29-19(20(24)25)23(16(2)27-21(18)29)12-6-4-3-5-7-13-23/h8-11,16,18-21,26-27H,3-7,12-14H2,1-2H3,(H,28,30). The van der Waals surface area contributed by atoms with Crippen LogP contribution in [0.2, 0.25) is 0 Å². The number of aryl methyl sites for hydroxylation is 1. The Balaban J connectivity index is 1.54. The van der Waals surface area contributed by atoms with Crippen LogP contribution in [-0.4, -0.2) is 42.1 Å². The van der Waals surface area contributed by atoms with Crippen molar-refractivity contribution in [2.24, 2.45) is 11.3 Å². The van der Waals surface area contributed by atoms with Crippen molar-refractivity contribution in [3.05, 3.63) is 29.8 Å². The second kappa shape index (κ2) is 8.89. The number of hydrogen-bond acceptors (Lipinski definition) is 4. The summed E-state index contributed by atoms with van der Waals surface area (Å²) in [5, 5.41) is 8.21. The van der Waals surface area contributed by atoms with Crippen LogP contribution in [0.25, 0.3) is 0 Å². The van der Waals surface area contributed by atoms with Crippen molar-refractivity contribution in [1.82, 2.24) is 15.8 Å². The molecule has 30 heavy (non-hydrogen) atoms. The van der Waals surface area contributed by atoms with Crippen molar-refractivity contribution in [2.45, 2.75) is 83.5 Å². The molecule has 3 fully saturated rings. The molecular formula is C23H34F2N4O. The predicted octanol–water partition coefficient (Wildman–Crippen LogP) is 4.05. The number of hydrogen-bond donors (Lipinski definition) is 3. The van der Waals surface area contributed by atoms with Crippen LogP contribution in [0.3, 0.4) is 0 Å². The van der Waals surface area contributed by atoms with Gasteiger partial charge in [0.25, 0.3) is 6.43 Å². The molecular weight excluding hydrogens is 386 g/mol. The molecule has 5 nitrogen and oxygen atoms in total. The van der Waals surface area contributed by atoms with Gasteiger partial charge >= 0.3 is 0 Å². The molecule has 2 saturated heterocycles. The summed E-state index contributed by atoms with van der Waals surface area (Å²) in [6.45, 7) is 4.40. The first-order chi connectivity index (χ1) is 14.4. The molecule has 166 valence electrons. The Morgan fingerprint density at radius 3 is 2.40 bits per heavy atom. The van der Waals surface area contributed by atoms with Gasteiger partial charge in [-0.15, -0.1) is 0 Å². The van der Waals surface area contributed by atoms with E-state index in [-0.39, 0.29) is 11.9 Å². The van der Waals surface area contributed by atoms with Crippen molar-refractivity contribution in [1.29, 1.82) is 0 Å². The Hall–Kier alpha value is -1.57. The molecule has 1 saturated carbocycles. The number of hydrazine groups is 1. The lowest BCUT2D eigenvalue weighted by Crippen LogP contribution is -2.72. The Kier molecular flexibility index (Phi) is 6.42. The van der Waals surface area contributed by atoms with Crippen LogP contribution in [0.1, 0.15) is 57.4 Å². The zero-order chi connectivity index (χ0) is 21.3. The minimum absolute atomic E-state index is 0.0644. The average molecular weight is 421 g/mol. The van der Waals surface area contributed by atoms with E-state index in [1.807, 2.05) is 38.1 Å². The number of carbonyl (C=O) groups is 1. The van der Waals surface area contributed by atoms with Crippen molar-refractivity contribution in [3.8, 4) is 0 Å². The molecule has 2 aliphatic heterocycles. The second-order valence-electron chi connectivity index (χ2n) is 9.34. The van der Waals surface area contributed by atoms with Crippen LogP contribution >= 0.6 is 0 Å². The van der Waals surface area contributed by atoms with Gasteiger partial charge < -0.3 is 5.32 Å². The van der Waals surface area contributed by atoms with Crippen LogP contribution in [0, 0.1) is 18.3 Å². The fourth-order valence-corrected chi connectivity index (χ4v) is 5.80. The van der Waals surface area contributed by atoms with Gasteiger partial charge in [-0.1, -0.05) is 49.8 Å². The molecule has 4 rings (SSSR count). The lowest BCUT2D eigenvalue weighted by molar-refractivity contribution is -0.144. The number of nitrogens with zero attached hydrogens (tertiary/aromatic N) is 1. The van der Waals surface area contributed by atoms with Crippen LogP contribution in [0.4, 0.5) is 14.5 Å². The van der Waals surface area contributed by atoms with Crippen molar-refractivity contribution < 1.29 is 13.6 Å². The van der Waals surface area contributed by atoms with Gasteiger partial charge in [-0.2, -0.15) is 0 Å². The number of amides is 1. The SMILES string of the molecule is Cc1ccc(NC(=O)C2CNN3C2NC(C)C2(CCCCCCC2)C3C(F)F)cc1. The van der Waals surface area contributed by atoms with Gasteiger partial charge in [0.15, 0.2) is 0 Å². The molecule has 1 spiro atoms. The smallest absolute Gasteiger partial charge is 0.255 e. The van der Waals surface area contributed by atoms with E-state index >= 15 is 0 Å². The highest BCUT2D eigenvalue weighted by Crippen LogP contribution is 2.48. The van der Waals surface area contributed by atoms with Crippen molar-refractivity contribution >= 4 is 11.6 Å². The highest BCUT2D eigenvalue weighted by molar-refractivity contribution is 5.93. The molecule has 0 aromatic heterocycles. The fraction of sp³-hybridized carbons (Fsp3) is 0.696. The van der Waals surface area contributed by atoms with Crippen LogP contribution in [0.5, 0.6) is 0 Å². The number of benzene rings is 1. The third-order valence-corrected chi connectivity index (χ3v) is 7.53. The van der Waals surface area contributed by atoms with Gasteiger partial charge in [0, 0.05) is 23.7 Å². The molecule has 3 aliphatic rings. The number of halogens is 2. The molecule has 2 heterocycles. The Morgan fingerprint density at radius 2 is 1.77 bits per heavy atom. The Bertz CT molecular complexity index is 733. The summed E-state index contributed by atoms with van der Waals surface area (Å²) in [5.74, 6) is -0.568. The number of anilines is 1. The number of rotatable bonds is 3. The number of carbonyl (C=O) groups excluding carboxylic acids is 1. The summed E-state index contributed by atoms with van der Waals surface area (Å²) in [5.41, 5.74) is 4.55. The summed E-state index contributed by atoms with van der Waals surface area (Å²) >= 11 is 0. The van der Waals surface area contributed by atoms with E-state index < -0.39 is 30.0 Å². The molecule has 1 aliphatic carbocycles. The maximum Gasteiger partial charge on any atom is 0.255 e. The van der Waals surface area contributed by atoms with E-state index in [1.54, 1.807) is 5.01 Å². The molecule has 0 bridgehead atoms. The van der Waals surface area contributed by atoms with Crippen LogP contribution in [0.15, 0.2) is 24.3 Å². The van der Waals surface area contributed by atoms with E-state index in [0.29, 0.717) is 6.54 Å². The maximum atomic E-state index is 14.5.